The monoisotopic (exact) mass is 465 g/mol. The molecule has 0 saturated carbocycles. The molecule has 0 atom stereocenters. The summed E-state index contributed by atoms with van der Waals surface area (Å²) in [5.41, 5.74) is 3.94. The Morgan fingerprint density at radius 1 is 1.31 bits per heavy atom. The van der Waals surface area contributed by atoms with Crippen LogP contribution in [0.1, 0.15) is 22.6 Å². The van der Waals surface area contributed by atoms with Crippen molar-refractivity contribution in [2.45, 2.75) is 31.4 Å². The van der Waals surface area contributed by atoms with Crippen LogP contribution in [0.5, 0.6) is 0 Å². The highest BCUT2D eigenvalue weighted by Gasteiger charge is 2.18. The van der Waals surface area contributed by atoms with Crippen molar-refractivity contribution in [2.24, 2.45) is 0 Å². The molecule has 1 N–H and O–H groups in total. The van der Waals surface area contributed by atoms with E-state index in [0.29, 0.717) is 26.6 Å². The number of nitrogens with one attached hydrogen (secondary N) is 1. The molecule has 2 aromatic heterocycles. The van der Waals surface area contributed by atoms with Crippen molar-refractivity contribution < 1.29 is 4.79 Å². The fourth-order valence-corrected chi connectivity index (χ4v) is 5.11. The highest BCUT2D eigenvalue weighted by Crippen LogP contribution is 2.32. The Bertz CT molecular complexity index is 1120. The summed E-state index contributed by atoms with van der Waals surface area (Å²) in [5.74, 6) is 0.171. The molecule has 0 fully saturated rings. The van der Waals surface area contributed by atoms with Gasteiger partial charge in [-0.1, -0.05) is 46.3 Å². The van der Waals surface area contributed by atoms with Crippen molar-refractivity contribution in [3.63, 3.8) is 0 Å². The lowest BCUT2D eigenvalue weighted by molar-refractivity contribution is -0.115. The number of hydrogen-bond acceptors (Lipinski definition) is 6. The van der Waals surface area contributed by atoms with Gasteiger partial charge in [0.25, 0.3) is 0 Å². The number of aromatic nitrogens is 3. The van der Waals surface area contributed by atoms with Gasteiger partial charge >= 0.3 is 0 Å². The lowest BCUT2D eigenvalue weighted by atomic mass is 10.1. The molecule has 2 heterocycles. The summed E-state index contributed by atoms with van der Waals surface area (Å²) in [4.78, 5) is 17.0. The van der Waals surface area contributed by atoms with Gasteiger partial charge in [0, 0.05) is 16.3 Å². The topological polar surface area (TPSA) is 83.6 Å². The maximum Gasteiger partial charge on any atom is 0.230 e. The Morgan fingerprint density at radius 2 is 2.07 bits per heavy atom. The van der Waals surface area contributed by atoms with Gasteiger partial charge in [-0.15, -0.1) is 0 Å². The number of halogens is 2. The van der Waals surface area contributed by atoms with Crippen molar-refractivity contribution in [1.82, 2.24) is 14.8 Å². The number of hydrogen-bond donors (Lipinski definition) is 1. The highest BCUT2D eigenvalue weighted by atomic mass is 35.5. The summed E-state index contributed by atoms with van der Waals surface area (Å²) in [6.45, 7) is 5.62. The first-order valence-corrected chi connectivity index (χ1v) is 11.1. The van der Waals surface area contributed by atoms with Crippen LogP contribution in [0.15, 0.2) is 22.4 Å². The normalized spacial score (nSPS) is 10.8. The van der Waals surface area contributed by atoms with Crippen molar-refractivity contribution >= 4 is 57.3 Å². The zero-order chi connectivity index (χ0) is 21.1. The van der Waals surface area contributed by atoms with Gasteiger partial charge in [0.05, 0.1) is 44.5 Å². The summed E-state index contributed by atoms with van der Waals surface area (Å²) >= 11 is 15.1. The van der Waals surface area contributed by atoms with E-state index in [2.05, 4.69) is 21.5 Å². The second-order valence-corrected chi connectivity index (χ2v) is 9.31. The minimum atomic E-state index is -0.177. The SMILES string of the molecule is Cc1nc(NC(=O)Cc2c(C)nn(-c3ccc(Cl)cc3Cl)c2C)sc1SCC#N. The second-order valence-electron chi connectivity index (χ2n) is 6.22. The van der Waals surface area contributed by atoms with E-state index in [1.165, 1.54) is 23.1 Å². The molecule has 0 aliphatic carbocycles. The van der Waals surface area contributed by atoms with E-state index in [4.69, 9.17) is 28.5 Å². The van der Waals surface area contributed by atoms with Crippen molar-refractivity contribution in [2.75, 3.05) is 11.1 Å². The molecule has 29 heavy (non-hydrogen) atoms. The van der Waals surface area contributed by atoms with E-state index < -0.39 is 0 Å². The number of benzene rings is 1. The second kappa shape index (κ2) is 9.18. The average Bonchev–Trinajstić information content (AvgIpc) is 3.13. The third-order valence-corrected chi connectivity index (χ3v) is 7.02. The predicted octanol–water partition coefficient (Wildman–Crippen LogP) is 5.36. The van der Waals surface area contributed by atoms with Crippen LogP contribution < -0.4 is 5.32 Å². The molecule has 150 valence electrons. The lowest BCUT2D eigenvalue weighted by Crippen LogP contribution is -2.15. The number of carbonyl (C=O) groups is 1. The van der Waals surface area contributed by atoms with Gasteiger partial charge in [0.1, 0.15) is 0 Å². The van der Waals surface area contributed by atoms with Crippen LogP contribution in [0.4, 0.5) is 5.13 Å². The maximum absolute atomic E-state index is 12.6. The number of thiazole rings is 1. The number of nitrogens with zero attached hydrogens (tertiary/aromatic N) is 4. The largest absolute Gasteiger partial charge is 0.302 e. The molecule has 0 unspecified atom stereocenters. The van der Waals surface area contributed by atoms with Crippen LogP contribution >= 0.6 is 46.3 Å². The van der Waals surface area contributed by atoms with E-state index in [1.807, 2.05) is 20.8 Å². The highest BCUT2D eigenvalue weighted by molar-refractivity contribution is 8.01. The van der Waals surface area contributed by atoms with Gasteiger partial charge in [-0.2, -0.15) is 10.4 Å². The zero-order valence-corrected chi connectivity index (χ0v) is 19.1. The third-order valence-electron chi connectivity index (χ3n) is 4.18. The van der Waals surface area contributed by atoms with Crippen LogP contribution in [0, 0.1) is 32.1 Å². The zero-order valence-electron chi connectivity index (χ0n) is 15.9. The molecule has 0 radical (unpaired) electrons. The molecule has 0 aliphatic heterocycles. The molecular formula is C19H17Cl2N5OS2. The van der Waals surface area contributed by atoms with Crippen LogP contribution in [-0.4, -0.2) is 26.4 Å². The Hall–Kier alpha value is -2.05. The van der Waals surface area contributed by atoms with E-state index >= 15 is 0 Å². The van der Waals surface area contributed by atoms with Gasteiger partial charge in [-0.25, -0.2) is 9.67 Å². The Morgan fingerprint density at radius 3 is 2.76 bits per heavy atom. The van der Waals surface area contributed by atoms with Crippen LogP contribution in [0.3, 0.4) is 0 Å². The summed E-state index contributed by atoms with van der Waals surface area (Å²) < 4.78 is 2.65. The molecular weight excluding hydrogens is 449 g/mol. The molecule has 0 spiro atoms. The number of thioether (sulfide) groups is 1. The first-order valence-electron chi connectivity index (χ1n) is 8.57. The van der Waals surface area contributed by atoms with E-state index in [0.717, 1.165) is 26.9 Å². The molecule has 0 aliphatic rings. The van der Waals surface area contributed by atoms with Crippen LogP contribution in [-0.2, 0) is 11.2 Å². The first kappa shape index (κ1) is 21.7. The fraction of sp³-hybridized carbons (Fsp3) is 0.263. The molecule has 0 bridgehead atoms. The molecule has 3 aromatic rings. The van der Waals surface area contributed by atoms with Gasteiger partial charge in [-0.05, 0) is 39.0 Å². The van der Waals surface area contributed by atoms with Crippen molar-refractivity contribution in [3.05, 3.63) is 50.9 Å². The summed E-state index contributed by atoms with van der Waals surface area (Å²) in [6.07, 6.45) is 0.169. The van der Waals surface area contributed by atoms with Crippen LogP contribution in [0.2, 0.25) is 10.0 Å². The average molecular weight is 466 g/mol. The minimum absolute atomic E-state index is 0.169. The predicted molar refractivity (Wildman–Crippen MR) is 119 cm³/mol. The third kappa shape index (κ3) is 4.93. The van der Waals surface area contributed by atoms with E-state index in [1.54, 1.807) is 22.9 Å². The van der Waals surface area contributed by atoms with Gasteiger partial charge in [0.2, 0.25) is 5.91 Å². The standard InChI is InChI=1S/C19H17Cl2N5OS2/c1-10-14(12(3)26(25-10)16-5-4-13(20)8-15(16)21)9-17(27)24-19-23-11(2)18(29-19)28-7-6-22/h4-5,8H,7,9H2,1-3H3,(H,23,24,27). The molecule has 0 saturated heterocycles. The number of nitriles is 1. The lowest BCUT2D eigenvalue weighted by Gasteiger charge is -2.08. The number of aryl methyl sites for hydroxylation is 2. The number of anilines is 1. The maximum atomic E-state index is 12.6. The molecule has 10 heteroatoms. The van der Waals surface area contributed by atoms with E-state index in [-0.39, 0.29) is 12.3 Å². The summed E-state index contributed by atoms with van der Waals surface area (Å²) in [7, 11) is 0. The number of carbonyl (C=O) groups excluding carboxylic acids is 1. The van der Waals surface area contributed by atoms with Gasteiger partial charge < -0.3 is 5.32 Å². The fourth-order valence-electron chi connectivity index (χ4n) is 2.81. The molecule has 1 aromatic carbocycles. The van der Waals surface area contributed by atoms with Crippen molar-refractivity contribution in [1.29, 1.82) is 5.26 Å². The quantitative estimate of drug-likeness (QED) is 0.495. The summed E-state index contributed by atoms with van der Waals surface area (Å²) in [6, 6.07) is 7.30. The molecule has 3 rings (SSSR count). The number of rotatable bonds is 6. The van der Waals surface area contributed by atoms with E-state index in [9.17, 15) is 4.79 Å². The van der Waals surface area contributed by atoms with Crippen molar-refractivity contribution in [3.8, 4) is 11.8 Å². The Kier molecular flexibility index (Phi) is 6.85. The Balaban J connectivity index is 1.78. The minimum Gasteiger partial charge on any atom is -0.302 e. The molecule has 6 nitrogen and oxygen atoms in total. The van der Waals surface area contributed by atoms with Gasteiger partial charge in [-0.3, -0.25) is 4.79 Å². The van der Waals surface area contributed by atoms with Crippen LogP contribution in [0.25, 0.3) is 5.69 Å². The first-order chi connectivity index (χ1) is 13.8. The number of amides is 1. The Labute approximate surface area is 186 Å². The molecule has 1 amide bonds. The smallest absolute Gasteiger partial charge is 0.230 e. The van der Waals surface area contributed by atoms with Gasteiger partial charge in [0.15, 0.2) is 5.13 Å². The summed E-state index contributed by atoms with van der Waals surface area (Å²) in [5, 5.41) is 17.7.